The largest absolute Gasteiger partial charge is 0.395 e. The second kappa shape index (κ2) is 10.8. The molecule has 0 saturated carbocycles. The lowest BCUT2D eigenvalue weighted by Crippen LogP contribution is -2.44. The molecule has 0 aromatic carbocycles. The molecule has 0 rings (SSSR count). The van der Waals surface area contributed by atoms with Gasteiger partial charge in [0.15, 0.2) is 0 Å². The van der Waals surface area contributed by atoms with Crippen LogP contribution in [0.2, 0.25) is 12.6 Å². The zero-order chi connectivity index (χ0) is 16.5. The van der Waals surface area contributed by atoms with E-state index in [4.69, 9.17) is 14.0 Å². The molecule has 3 nitrogen and oxygen atoms in total. The summed E-state index contributed by atoms with van der Waals surface area (Å²) in [6, 6.07) is 1.04. The van der Waals surface area contributed by atoms with Crippen molar-refractivity contribution < 1.29 is 8.85 Å². The standard InChI is InChI=1S/C14H33NO2S3Si/c1-8-16-21(7,17-9-2)11-10-14(12(3)4,13(5)6)18-20-19-15/h12-13H,8-11,15H2,1-7H3. The van der Waals surface area contributed by atoms with Crippen molar-refractivity contribution in [2.45, 2.75) is 65.3 Å². The fourth-order valence-corrected chi connectivity index (χ4v) is 9.56. The smallest absolute Gasteiger partial charge is 0.334 e. The maximum Gasteiger partial charge on any atom is 0.334 e. The molecule has 0 aliphatic carbocycles. The maximum atomic E-state index is 6.00. The van der Waals surface area contributed by atoms with Gasteiger partial charge in [-0.25, -0.2) is 0 Å². The second-order valence-electron chi connectivity index (χ2n) is 6.01. The lowest BCUT2D eigenvalue weighted by molar-refractivity contribution is 0.184. The highest BCUT2D eigenvalue weighted by molar-refractivity contribution is 9.09. The van der Waals surface area contributed by atoms with Gasteiger partial charge in [0.1, 0.15) is 0 Å². The van der Waals surface area contributed by atoms with Crippen LogP contribution < -0.4 is 5.14 Å². The average molecular weight is 372 g/mol. The Hall–Kier alpha value is 1.15. The predicted octanol–water partition coefficient (Wildman–Crippen LogP) is 5.48. The van der Waals surface area contributed by atoms with E-state index in [0.29, 0.717) is 11.8 Å². The van der Waals surface area contributed by atoms with Gasteiger partial charge in [-0.15, -0.1) is 0 Å². The van der Waals surface area contributed by atoms with E-state index in [1.54, 1.807) is 9.83 Å². The van der Waals surface area contributed by atoms with E-state index in [0.717, 1.165) is 25.7 Å². The van der Waals surface area contributed by atoms with Gasteiger partial charge in [0.2, 0.25) is 0 Å². The van der Waals surface area contributed by atoms with Crippen LogP contribution in [0.3, 0.4) is 0 Å². The molecular formula is C14H33NO2S3Si. The molecule has 0 radical (unpaired) electrons. The fraction of sp³-hybridized carbons (Fsp3) is 1.00. The van der Waals surface area contributed by atoms with E-state index < -0.39 is 8.56 Å². The van der Waals surface area contributed by atoms with Gasteiger partial charge in [-0.1, -0.05) is 38.5 Å². The maximum absolute atomic E-state index is 6.00. The lowest BCUT2D eigenvalue weighted by atomic mass is 9.82. The van der Waals surface area contributed by atoms with E-state index in [1.807, 2.05) is 10.8 Å². The van der Waals surface area contributed by atoms with Crippen molar-refractivity contribution in [2.75, 3.05) is 13.2 Å². The Bertz CT molecular complexity index is 267. The summed E-state index contributed by atoms with van der Waals surface area (Å²) in [5, 5.41) is 5.63. The van der Waals surface area contributed by atoms with Gasteiger partial charge >= 0.3 is 8.56 Å². The average Bonchev–Trinajstić information content (AvgIpc) is 2.39. The molecule has 0 heterocycles. The zero-order valence-corrected chi connectivity index (χ0v) is 18.1. The minimum atomic E-state index is -2.05. The second-order valence-corrected chi connectivity index (χ2v) is 13.3. The molecule has 21 heavy (non-hydrogen) atoms. The van der Waals surface area contributed by atoms with Gasteiger partial charge in [0.25, 0.3) is 0 Å². The Morgan fingerprint density at radius 2 is 1.52 bits per heavy atom. The summed E-state index contributed by atoms with van der Waals surface area (Å²) >= 11 is 0. The first-order valence-corrected chi connectivity index (χ1v) is 13.8. The first-order chi connectivity index (χ1) is 9.78. The third-order valence-electron chi connectivity index (χ3n) is 4.05. The van der Waals surface area contributed by atoms with Gasteiger partial charge in [-0.3, -0.25) is 5.14 Å². The highest BCUT2D eigenvalue weighted by atomic mass is 33.5. The van der Waals surface area contributed by atoms with Crippen molar-refractivity contribution in [1.82, 2.24) is 0 Å². The van der Waals surface area contributed by atoms with E-state index >= 15 is 0 Å². The SMILES string of the molecule is CCO[Si](C)(CCC(SSSN)(C(C)C)C(C)C)OCC. The van der Waals surface area contributed by atoms with Gasteiger partial charge in [-0.2, -0.15) is 0 Å². The summed E-state index contributed by atoms with van der Waals surface area (Å²) in [5.41, 5.74) is 0. The van der Waals surface area contributed by atoms with Gasteiger partial charge in [0.05, 0.1) is 0 Å². The van der Waals surface area contributed by atoms with E-state index in [1.165, 1.54) is 11.0 Å². The van der Waals surface area contributed by atoms with Crippen LogP contribution in [0.25, 0.3) is 0 Å². The fourth-order valence-electron chi connectivity index (χ4n) is 2.78. The molecule has 7 heteroatoms. The molecule has 0 saturated heterocycles. The topological polar surface area (TPSA) is 44.5 Å². The van der Waals surface area contributed by atoms with Crippen LogP contribution in [0.5, 0.6) is 0 Å². The molecule has 0 aliphatic rings. The lowest BCUT2D eigenvalue weighted by Gasteiger charge is -2.41. The van der Waals surface area contributed by atoms with E-state index in [2.05, 4.69) is 48.1 Å². The molecule has 0 amide bonds. The summed E-state index contributed by atoms with van der Waals surface area (Å²) in [6.07, 6.45) is 1.11. The minimum absolute atomic E-state index is 0.208. The predicted molar refractivity (Wildman–Crippen MR) is 104 cm³/mol. The number of hydrogen-bond donors (Lipinski definition) is 1. The number of nitrogens with two attached hydrogens (primary N) is 1. The van der Waals surface area contributed by atoms with E-state index in [9.17, 15) is 0 Å². The van der Waals surface area contributed by atoms with E-state index in [-0.39, 0.29) is 4.75 Å². The van der Waals surface area contributed by atoms with Crippen molar-refractivity contribution in [3.63, 3.8) is 0 Å². The first-order valence-electron chi connectivity index (χ1n) is 7.77. The summed E-state index contributed by atoms with van der Waals surface area (Å²) in [5.74, 6) is 1.17. The Morgan fingerprint density at radius 3 is 1.86 bits per heavy atom. The van der Waals surface area contributed by atoms with Crippen molar-refractivity contribution in [3.05, 3.63) is 0 Å². The molecule has 128 valence electrons. The third kappa shape index (κ3) is 7.06. The summed E-state index contributed by atoms with van der Waals surface area (Å²) in [7, 11) is 2.92. The minimum Gasteiger partial charge on any atom is -0.395 e. The van der Waals surface area contributed by atoms with Gasteiger partial charge in [-0.05, 0) is 65.5 Å². The normalized spacial score (nSPS) is 13.4. The summed E-state index contributed by atoms with van der Waals surface area (Å²) in [6.45, 7) is 17.0. The van der Waals surface area contributed by atoms with Crippen LogP contribution in [0.15, 0.2) is 0 Å². The van der Waals surface area contributed by atoms with Crippen LogP contribution in [-0.4, -0.2) is 26.5 Å². The first kappa shape index (κ1) is 22.1. The molecule has 0 aromatic rings. The van der Waals surface area contributed by atoms with Crippen LogP contribution in [0, 0.1) is 11.8 Å². The highest BCUT2D eigenvalue weighted by Gasteiger charge is 2.42. The molecule has 0 bridgehead atoms. The highest BCUT2D eigenvalue weighted by Crippen LogP contribution is 2.52. The molecule has 0 fully saturated rings. The Morgan fingerprint density at radius 1 is 1.05 bits per heavy atom. The molecule has 0 unspecified atom stereocenters. The van der Waals surface area contributed by atoms with Crippen LogP contribution in [-0.2, 0) is 8.85 Å². The molecule has 2 N–H and O–H groups in total. The van der Waals surface area contributed by atoms with Gasteiger partial charge < -0.3 is 8.85 Å². The van der Waals surface area contributed by atoms with Crippen molar-refractivity contribution >= 4 is 40.2 Å². The van der Waals surface area contributed by atoms with Crippen molar-refractivity contribution in [1.29, 1.82) is 0 Å². The van der Waals surface area contributed by atoms with Crippen molar-refractivity contribution in [3.8, 4) is 0 Å². The molecular weight excluding hydrogens is 338 g/mol. The quantitative estimate of drug-likeness (QED) is 0.278. The summed E-state index contributed by atoms with van der Waals surface area (Å²) < 4.78 is 12.2. The number of hydrogen-bond acceptors (Lipinski definition) is 6. The van der Waals surface area contributed by atoms with Crippen LogP contribution in [0.1, 0.15) is 48.0 Å². The Kier molecular flexibility index (Phi) is 11.4. The zero-order valence-electron chi connectivity index (χ0n) is 14.6. The van der Waals surface area contributed by atoms with Crippen LogP contribution in [0.4, 0.5) is 0 Å². The molecule has 0 aromatic heterocycles. The molecule has 0 spiro atoms. The summed E-state index contributed by atoms with van der Waals surface area (Å²) in [4.78, 5) is 0. The van der Waals surface area contributed by atoms with Gasteiger partial charge in [0, 0.05) is 18.0 Å². The Labute approximate surface area is 144 Å². The third-order valence-corrected chi connectivity index (χ3v) is 11.3. The number of rotatable bonds is 12. The molecule has 0 aliphatic heterocycles. The molecule has 0 atom stereocenters. The van der Waals surface area contributed by atoms with Crippen LogP contribution >= 0.6 is 31.6 Å². The monoisotopic (exact) mass is 371 g/mol. The van der Waals surface area contributed by atoms with Crippen molar-refractivity contribution in [2.24, 2.45) is 17.0 Å². The Balaban J connectivity index is 5.02.